The maximum atomic E-state index is 5.66. The van der Waals surface area contributed by atoms with E-state index < -0.39 is 0 Å². The summed E-state index contributed by atoms with van der Waals surface area (Å²) in [7, 11) is 0. The highest BCUT2D eigenvalue weighted by molar-refractivity contribution is 7.99. The van der Waals surface area contributed by atoms with Gasteiger partial charge in [0.1, 0.15) is 0 Å². The molecule has 0 atom stereocenters. The summed E-state index contributed by atoms with van der Waals surface area (Å²) in [6.45, 7) is 5.17. The molecule has 3 nitrogen and oxygen atoms in total. The van der Waals surface area contributed by atoms with Gasteiger partial charge in [-0.2, -0.15) is 11.8 Å². The molecule has 0 unspecified atom stereocenters. The number of hydrogen-bond acceptors (Lipinski definition) is 2. The topological polar surface area (TPSA) is 50.4 Å². The number of nitrogens with one attached hydrogen (secondary N) is 1. The second-order valence-corrected chi connectivity index (χ2v) is 4.68. The lowest BCUT2D eigenvalue weighted by Gasteiger charge is -2.19. The molecule has 0 spiro atoms. The molecule has 1 rings (SSSR count). The van der Waals surface area contributed by atoms with Crippen LogP contribution in [0, 0.1) is 5.92 Å². The third kappa shape index (κ3) is 4.56. The van der Waals surface area contributed by atoms with E-state index in [0.717, 1.165) is 12.5 Å². The molecule has 1 heterocycles. The normalized spacial score (nSPS) is 19.3. The summed E-state index contributed by atoms with van der Waals surface area (Å²) < 4.78 is 0. The zero-order chi connectivity index (χ0) is 10.2. The number of rotatable bonds is 4. The molecule has 4 heteroatoms. The number of nitrogens with zero attached hydrogens (tertiary/aromatic N) is 1. The monoisotopic (exact) mass is 213 g/mol. The molecule has 0 aromatic carbocycles. The van der Waals surface area contributed by atoms with Gasteiger partial charge >= 0.3 is 0 Å². The first kappa shape index (κ1) is 11.4. The molecular weight excluding hydrogens is 194 g/mol. The standard InChI is InChI=1S/C10H19N3S/c1-2-5-12-10(11)13-8-9-3-6-14-7-4-9/h2,9H,1,3-8H2,(H3,11,12,13). The van der Waals surface area contributed by atoms with Gasteiger partial charge in [0.25, 0.3) is 0 Å². The van der Waals surface area contributed by atoms with Crippen molar-refractivity contribution in [1.29, 1.82) is 0 Å². The maximum Gasteiger partial charge on any atom is 0.188 e. The van der Waals surface area contributed by atoms with Crippen LogP contribution < -0.4 is 11.1 Å². The fraction of sp³-hybridized carbons (Fsp3) is 0.700. The third-order valence-corrected chi connectivity index (χ3v) is 3.34. The summed E-state index contributed by atoms with van der Waals surface area (Å²) in [5.74, 6) is 3.84. The lowest BCUT2D eigenvalue weighted by atomic mass is 10.0. The van der Waals surface area contributed by atoms with E-state index in [4.69, 9.17) is 5.73 Å². The van der Waals surface area contributed by atoms with Gasteiger partial charge in [-0.1, -0.05) is 6.08 Å². The van der Waals surface area contributed by atoms with Gasteiger partial charge in [-0.25, -0.2) is 0 Å². The molecule has 0 aliphatic carbocycles. The summed E-state index contributed by atoms with van der Waals surface area (Å²) in [6, 6.07) is 0. The van der Waals surface area contributed by atoms with Gasteiger partial charge in [-0.3, -0.25) is 4.99 Å². The van der Waals surface area contributed by atoms with Gasteiger partial charge in [-0.05, 0) is 30.3 Å². The molecule has 0 radical (unpaired) electrons. The van der Waals surface area contributed by atoms with Crippen molar-refractivity contribution in [1.82, 2.24) is 5.32 Å². The van der Waals surface area contributed by atoms with Gasteiger partial charge in [-0.15, -0.1) is 6.58 Å². The molecule has 14 heavy (non-hydrogen) atoms. The highest BCUT2D eigenvalue weighted by atomic mass is 32.2. The van der Waals surface area contributed by atoms with Crippen LogP contribution in [0.15, 0.2) is 17.6 Å². The minimum atomic E-state index is 0.545. The minimum Gasteiger partial charge on any atom is -0.370 e. The van der Waals surface area contributed by atoms with Crippen molar-refractivity contribution in [2.45, 2.75) is 12.8 Å². The van der Waals surface area contributed by atoms with E-state index in [1.165, 1.54) is 24.3 Å². The predicted molar refractivity (Wildman–Crippen MR) is 64.7 cm³/mol. The van der Waals surface area contributed by atoms with Crippen LogP contribution in [-0.4, -0.2) is 30.6 Å². The van der Waals surface area contributed by atoms with E-state index in [0.29, 0.717) is 12.5 Å². The van der Waals surface area contributed by atoms with Crippen molar-refractivity contribution in [3.63, 3.8) is 0 Å². The first-order valence-corrected chi connectivity index (χ1v) is 6.21. The number of aliphatic imine (C=N–C) groups is 1. The SMILES string of the molecule is C=CCNC(N)=NCC1CCSCC1. The molecule has 0 bridgehead atoms. The Balaban J connectivity index is 2.18. The lowest BCUT2D eigenvalue weighted by Crippen LogP contribution is -2.32. The molecule has 80 valence electrons. The van der Waals surface area contributed by atoms with E-state index in [9.17, 15) is 0 Å². The predicted octanol–water partition coefficient (Wildman–Crippen LogP) is 1.22. The molecule has 1 aliphatic rings. The van der Waals surface area contributed by atoms with Gasteiger partial charge in [0, 0.05) is 13.1 Å². The van der Waals surface area contributed by atoms with Crippen molar-refractivity contribution in [3.05, 3.63) is 12.7 Å². The Bertz CT molecular complexity index is 198. The second kappa shape index (κ2) is 6.76. The third-order valence-electron chi connectivity index (χ3n) is 2.29. The molecule has 1 saturated heterocycles. The molecule has 0 aromatic rings. The first-order chi connectivity index (χ1) is 6.83. The Kier molecular flexibility index (Phi) is 5.52. The van der Waals surface area contributed by atoms with E-state index in [1.807, 2.05) is 11.8 Å². The van der Waals surface area contributed by atoms with Crippen molar-refractivity contribution < 1.29 is 0 Å². The fourth-order valence-corrected chi connectivity index (χ4v) is 2.59. The highest BCUT2D eigenvalue weighted by Crippen LogP contribution is 2.22. The molecule has 0 saturated carbocycles. The fourth-order valence-electron chi connectivity index (χ4n) is 1.39. The quantitative estimate of drug-likeness (QED) is 0.419. The summed E-state index contributed by atoms with van der Waals surface area (Å²) in [4.78, 5) is 4.31. The summed E-state index contributed by atoms with van der Waals surface area (Å²) >= 11 is 2.04. The van der Waals surface area contributed by atoms with E-state index in [1.54, 1.807) is 6.08 Å². The van der Waals surface area contributed by atoms with Crippen LogP contribution in [-0.2, 0) is 0 Å². The zero-order valence-corrected chi connectivity index (χ0v) is 9.35. The van der Waals surface area contributed by atoms with E-state index in [-0.39, 0.29) is 0 Å². The van der Waals surface area contributed by atoms with Crippen LogP contribution >= 0.6 is 11.8 Å². The average Bonchev–Trinajstić information content (AvgIpc) is 2.25. The van der Waals surface area contributed by atoms with Gasteiger partial charge in [0.05, 0.1) is 0 Å². The van der Waals surface area contributed by atoms with Gasteiger partial charge in [0.2, 0.25) is 0 Å². The maximum absolute atomic E-state index is 5.66. The van der Waals surface area contributed by atoms with Crippen LogP contribution in [0.25, 0.3) is 0 Å². The van der Waals surface area contributed by atoms with Crippen LogP contribution in [0.3, 0.4) is 0 Å². The van der Waals surface area contributed by atoms with Crippen LogP contribution in [0.2, 0.25) is 0 Å². The van der Waals surface area contributed by atoms with Crippen molar-refractivity contribution >= 4 is 17.7 Å². The highest BCUT2D eigenvalue weighted by Gasteiger charge is 2.12. The number of guanidine groups is 1. The van der Waals surface area contributed by atoms with E-state index in [2.05, 4.69) is 16.9 Å². The lowest BCUT2D eigenvalue weighted by molar-refractivity contribution is 0.502. The zero-order valence-electron chi connectivity index (χ0n) is 8.54. The Hall–Kier alpha value is -0.640. The van der Waals surface area contributed by atoms with Crippen molar-refractivity contribution in [2.24, 2.45) is 16.6 Å². The molecular formula is C10H19N3S. The largest absolute Gasteiger partial charge is 0.370 e. The molecule has 0 amide bonds. The first-order valence-electron chi connectivity index (χ1n) is 5.05. The number of hydrogen-bond donors (Lipinski definition) is 2. The molecule has 1 aliphatic heterocycles. The van der Waals surface area contributed by atoms with Crippen LogP contribution in [0.4, 0.5) is 0 Å². The Morgan fingerprint density at radius 3 is 2.93 bits per heavy atom. The smallest absolute Gasteiger partial charge is 0.188 e. The van der Waals surface area contributed by atoms with E-state index >= 15 is 0 Å². The van der Waals surface area contributed by atoms with Crippen molar-refractivity contribution in [3.8, 4) is 0 Å². The molecule has 1 fully saturated rings. The number of thioether (sulfide) groups is 1. The van der Waals surface area contributed by atoms with Crippen LogP contribution in [0.1, 0.15) is 12.8 Å². The molecule has 3 N–H and O–H groups in total. The van der Waals surface area contributed by atoms with Gasteiger partial charge < -0.3 is 11.1 Å². The average molecular weight is 213 g/mol. The summed E-state index contributed by atoms with van der Waals surface area (Å²) in [5, 5.41) is 2.98. The van der Waals surface area contributed by atoms with Crippen LogP contribution in [0.5, 0.6) is 0 Å². The minimum absolute atomic E-state index is 0.545. The summed E-state index contributed by atoms with van der Waals surface area (Å²) in [6.07, 6.45) is 4.34. The Morgan fingerprint density at radius 1 is 1.57 bits per heavy atom. The Morgan fingerprint density at radius 2 is 2.29 bits per heavy atom. The second-order valence-electron chi connectivity index (χ2n) is 3.45. The number of nitrogens with two attached hydrogens (primary N) is 1. The van der Waals surface area contributed by atoms with Crippen molar-refractivity contribution in [2.75, 3.05) is 24.6 Å². The molecule has 0 aromatic heterocycles. The Labute approximate surface area is 90.2 Å². The van der Waals surface area contributed by atoms with Gasteiger partial charge in [0.15, 0.2) is 5.96 Å². The summed E-state index contributed by atoms with van der Waals surface area (Å²) in [5.41, 5.74) is 5.66.